The summed E-state index contributed by atoms with van der Waals surface area (Å²) in [6, 6.07) is 18.9. The molecule has 0 aromatic heterocycles. The van der Waals surface area contributed by atoms with Gasteiger partial charge in [-0.15, -0.1) is 24.8 Å². The zero-order valence-electron chi connectivity index (χ0n) is 14.6. The molecule has 1 fully saturated rings. The Balaban J connectivity index is 0.00000169. The first kappa shape index (κ1) is 23.4. The molecule has 142 valence electrons. The summed E-state index contributed by atoms with van der Waals surface area (Å²) in [6.45, 7) is 3.84. The first-order valence-electron chi connectivity index (χ1n) is 8.50. The number of carbonyl (C=O) groups excluding carboxylic acids is 1. The Hall–Kier alpha value is -0.660. The van der Waals surface area contributed by atoms with E-state index in [-0.39, 0.29) is 30.6 Å². The van der Waals surface area contributed by atoms with Gasteiger partial charge in [0, 0.05) is 47.8 Å². The third-order valence-electron chi connectivity index (χ3n) is 4.58. The van der Waals surface area contributed by atoms with Gasteiger partial charge in [0.25, 0.3) is 0 Å². The van der Waals surface area contributed by atoms with E-state index < -0.39 is 0 Å². The molecule has 1 atom stereocenters. The van der Waals surface area contributed by atoms with Crippen molar-refractivity contribution >= 4 is 53.2 Å². The summed E-state index contributed by atoms with van der Waals surface area (Å²) >= 11 is 2.26. The van der Waals surface area contributed by atoms with Gasteiger partial charge in [0.05, 0.1) is 0 Å². The van der Waals surface area contributed by atoms with Crippen molar-refractivity contribution in [2.24, 2.45) is 0 Å². The van der Waals surface area contributed by atoms with E-state index >= 15 is 0 Å². The molecule has 26 heavy (non-hydrogen) atoms. The van der Waals surface area contributed by atoms with Crippen LogP contribution >= 0.6 is 47.4 Å². The topological polar surface area (TPSA) is 32.3 Å². The molecule has 1 unspecified atom stereocenters. The Morgan fingerprint density at radius 2 is 1.77 bits per heavy atom. The van der Waals surface area contributed by atoms with E-state index in [0.29, 0.717) is 12.5 Å². The van der Waals surface area contributed by atoms with Gasteiger partial charge >= 0.3 is 0 Å². The van der Waals surface area contributed by atoms with Crippen LogP contribution in [-0.2, 0) is 6.42 Å². The number of benzene rings is 2. The van der Waals surface area contributed by atoms with Gasteiger partial charge in [-0.05, 0) is 46.7 Å². The number of ketones is 1. The maximum atomic E-state index is 12.4. The van der Waals surface area contributed by atoms with Gasteiger partial charge in [-0.25, -0.2) is 0 Å². The summed E-state index contributed by atoms with van der Waals surface area (Å²) in [6.07, 6.45) is 1.62. The van der Waals surface area contributed by atoms with Gasteiger partial charge in [-0.3, -0.25) is 9.69 Å². The Bertz CT molecular complexity index is 667. The van der Waals surface area contributed by atoms with E-state index in [0.717, 1.165) is 41.7 Å². The molecule has 0 radical (unpaired) electrons. The van der Waals surface area contributed by atoms with E-state index in [1.807, 2.05) is 24.3 Å². The number of nitrogens with zero attached hydrogens (tertiary/aromatic N) is 1. The highest BCUT2D eigenvalue weighted by atomic mass is 127. The first-order valence-corrected chi connectivity index (χ1v) is 9.58. The molecular formula is C20H25Cl2IN2O. The summed E-state index contributed by atoms with van der Waals surface area (Å²) < 4.78 is 1.16. The minimum atomic E-state index is 0. The lowest BCUT2D eigenvalue weighted by atomic mass is 10.0. The Labute approximate surface area is 181 Å². The lowest BCUT2D eigenvalue weighted by Crippen LogP contribution is -2.52. The van der Waals surface area contributed by atoms with Crippen molar-refractivity contribution in [2.75, 3.05) is 26.2 Å². The lowest BCUT2D eigenvalue weighted by Gasteiger charge is -2.36. The van der Waals surface area contributed by atoms with Crippen LogP contribution in [0.5, 0.6) is 0 Å². The zero-order chi connectivity index (χ0) is 16.8. The van der Waals surface area contributed by atoms with Gasteiger partial charge in [0.2, 0.25) is 0 Å². The van der Waals surface area contributed by atoms with Gasteiger partial charge in [0.15, 0.2) is 5.78 Å². The number of hydrogen-bond donors (Lipinski definition) is 1. The van der Waals surface area contributed by atoms with Crippen LogP contribution in [0.25, 0.3) is 0 Å². The van der Waals surface area contributed by atoms with Crippen LogP contribution < -0.4 is 5.32 Å². The SMILES string of the molecule is Cl.Cl.O=C(CCN1CCNCC1Cc1ccccc1)c1ccc(I)cc1. The molecule has 1 aliphatic rings. The van der Waals surface area contributed by atoms with Crippen LogP contribution in [0.2, 0.25) is 0 Å². The van der Waals surface area contributed by atoms with E-state index in [9.17, 15) is 4.79 Å². The fourth-order valence-corrected chi connectivity index (χ4v) is 3.57. The quantitative estimate of drug-likeness (QED) is 0.470. The summed E-state index contributed by atoms with van der Waals surface area (Å²) in [5.74, 6) is 0.239. The fourth-order valence-electron chi connectivity index (χ4n) is 3.21. The number of piperazine rings is 1. The maximum absolute atomic E-state index is 12.4. The lowest BCUT2D eigenvalue weighted by molar-refractivity contribution is 0.0935. The average Bonchev–Trinajstić information content (AvgIpc) is 2.62. The van der Waals surface area contributed by atoms with Crippen molar-refractivity contribution in [2.45, 2.75) is 18.9 Å². The molecule has 3 nitrogen and oxygen atoms in total. The molecule has 0 aliphatic carbocycles. The molecule has 2 aromatic carbocycles. The molecule has 0 saturated carbocycles. The van der Waals surface area contributed by atoms with Gasteiger partial charge in [-0.2, -0.15) is 0 Å². The smallest absolute Gasteiger partial charge is 0.164 e. The maximum Gasteiger partial charge on any atom is 0.164 e. The Kier molecular flexibility index (Phi) is 10.7. The molecule has 1 saturated heterocycles. The zero-order valence-corrected chi connectivity index (χ0v) is 18.4. The predicted octanol–water partition coefficient (Wildman–Crippen LogP) is 4.22. The van der Waals surface area contributed by atoms with Crippen molar-refractivity contribution in [1.29, 1.82) is 0 Å². The average molecular weight is 507 g/mol. The van der Waals surface area contributed by atoms with Crippen LogP contribution in [0.1, 0.15) is 22.3 Å². The standard InChI is InChI=1S/C20H23IN2O.2ClH/c21-18-8-6-17(7-9-18)20(24)10-12-23-13-11-22-15-19(23)14-16-4-2-1-3-5-16;;/h1-9,19,22H,10-15H2;2*1H. The highest BCUT2D eigenvalue weighted by Crippen LogP contribution is 2.14. The van der Waals surface area contributed by atoms with E-state index in [1.54, 1.807) is 0 Å². The van der Waals surface area contributed by atoms with E-state index in [4.69, 9.17) is 0 Å². The number of Topliss-reactive ketones (excluding diaryl/α,β-unsaturated/α-hetero) is 1. The molecule has 0 spiro atoms. The van der Waals surface area contributed by atoms with Gasteiger partial charge in [-0.1, -0.05) is 42.5 Å². The fraction of sp³-hybridized carbons (Fsp3) is 0.350. The van der Waals surface area contributed by atoms with Crippen LogP contribution in [-0.4, -0.2) is 42.9 Å². The summed E-state index contributed by atoms with van der Waals surface area (Å²) in [4.78, 5) is 14.9. The first-order chi connectivity index (χ1) is 11.7. The minimum Gasteiger partial charge on any atom is -0.314 e. The minimum absolute atomic E-state index is 0. The second kappa shape index (κ2) is 11.9. The molecule has 0 bridgehead atoms. The van der Waals surface area contributed by atoms with E-state index in [1.165, 1.54) is 5.56 Å². The second-order valence-electron chi connectivity index (χ2n) is 6.26. The highest BCUT2D eigenvalue weighted by molar-refractivity contribution is 14.1. The molecule has 1 aliphatic heterocycles. The van der Waals surface area contributed by atoms with Crippen LogP contribution in [0.15, 0.2) is 54.6 Å². The number of hydrogen-bond acceptors (Lipinski definition) is 3. The van der Waals surface area contributed by atoms with E-state index in [2.05, 4.69) is 63.1 Å². The number of carbonyl (C=O) groups is 1. The van der Waals surface area contributed by atoms with Crippen molar-refractivity contribution in [1.82, 2.24) is 10.2 Å². The third kappa shape index (κ3) is 6.82. The van der Waals surface area contributed by atoms with Gasteiger partial charge < -0.3 is 5.32 Å². The summed E-state index contributed by atoms with van der Waals surface area (Å²) in [5.41, 5.74) is 2.19. The summed E-state index contributed by atoms with van der Waals surface area (Å²) in [5, 5.41) is 3.48. The molecule has 1 N–H and O–H groups in total. The van der Waals surface area contributed by atoms with Crippen molar-refractivity contribution < 1.29 is 4.79 Å². The predicted molar refractivity (Wildman–Crippen MR) is 121 cm³/mol. The molecule has 1 heterocycles. The number of rotatable bonds is 6. The normalized spacial score (nSPS) is 17.0. The third-order valence-corrected chi connectivity index (χ3v) is 5.30. The molecule has 6 heteroatoms. The monoisotopic (exact) mass is 506 g/mol. The molecular weight excluding hydrogens is 482 g/mol. The largest absolute Gasteiger partial charge is 0.314 e. The molecule has 3 rings (SSSR count). The molecule has 0 amide bonds. The highest BCUT2D eigenvalue weighted by Gasteiger charge is 2.22. The summed E-state index contributed by atoms with van der Waals surface area (Å²) in [7, 11) is 0. The Morgan fingerprint density at radius 3 is 2.46 bits per heavy atom. The second-order valence-corrected chi connectivity index (χ2v) is 7.51. The van der Waals surface area contributed by atoms with Crippen molar-refractivity contribution in [3.8, 4) is 0 Å². The van der Waals surface area contributed by atoms with Crippen LogP contribution in [0.4, 0.5) is 0 Å². The Morgan fingerprint density at radius 1 is 1.08 bits per heavy atom. The number of halogens is 3. The molecule has 2 aromatic rings. The van der Waals surface area contributed by atoms with Crippen molar-refractivity contribution in [3.63, 3.8) is 0 Å². The van der Waals surface area contributed by atoms with Crippen molar-refractivity contribution in [3.05, 3.63) is 69.3 Å². The van der Waals surface area contributed by atoms with Crippen LogP contribution in [0.3, 0.4) is 0 Å². The number of nitrogens with one attached hydrogen (secondary N) is 1. The van der Waals surface area contributed by atoms with Gasteiger partial charge in [0.1, 0.15) is 0 Å². The van der Waals surface area contributed by atoms with Crippen LogP contribution in [0, 0.1) is 3.57 Å².